The van der Waals surface area contributed by atoms with E-state index in [0.717, 1.165) is 31.4 Å². The highest BCUT2D eigenvalue weighted by molar-refractivity contribution is 5.66. The van der Waals surface area contributed by atoms with E-state index >= 15 is 0 Å². The van der Waals surface area contributed by atoms with Gasteiger partial charge in [-0.25, -0.2) is 0 Å². The summed E-state index contributed by atoms with van der Waals surface area (Å²) in [5.41, 5.74) is 1.30. The van der Waals surface area contributed by atoms with Crippen molar-refractivity contribution < 1.29 is 14.6 Å². The third-order valence-electron chi connectivity index (χ3n) is 2.85. The van der Waals surface area contributed by atoms with Crippen LogP contribution in [0, 0.1) is 5.92 Å². The highest BCUT2D eigenvalue weighted by Crippen LogP contribution is 2.16. The molecule has 1 aromatic rings. The number of ether oxygens (including phenoxy) is 1. The summed E-state index contributed by atoms with van der Waals surface area (Å²) in [7, 11) is 0. The molecule has 0 aliphatic rings. The van der Waals surface area contributed by atoms with E-state index in [1.807, 2.05) is 12.1 Å². The van der Waals surface area contributed by atoms with Crippen molar-refractivity contribution in [1.82, 2.24) is 0 Å². The van der Waals surface area contributed by atoms with Gasteiger partial charge < -0.3 is 9.84 Å². The molecule has 0 aliphatic heterocycles. The Morgan fingerprint density at radius 2 is 2.05 bits per heavy atom. The van der Waals surface area contributed by atoms with Crippen molar-refractivity contribution in [3.63, 3.8) is 0 Å². The van der Waals surface area contributed by atoms with E-state index in [2.05, 4.69) is 26.0 Å². The zero-order chi connectivity index (χ0) is 14.1. The van der Waals surface area contributed by atoms with Crippen LogP contribution in [0.5, 0.6) is 5.75 Å². The van der Waals surface area contributed by atoms with E-state index < -0.39 is 5.97 Å². The maximum atomic E-state index is 10.3. The molecule has 0 radical (unpaired) electrons. The lowest BCUT2D eigenvalue weighted by Gasteiger charge is -2.09. The first-order valence-electron chi connectivity index (χ1n) is 7.01. The topological polar surface area (TPSA) is 46.5 Å². The molecule has 1 rings (SSSR count). The van der Waals surface area contributed by atoms with Gasteiger partial charge in [-0.15, -0.1) is 0 Å². The molecule has 1 aromatic carbocycles. The van der Waals surface area contributed by atoms with Crippen LogP contribution in [0.25, 0.3) is 0 Å². The maximum Gasteiger partial charge on any atom is 0.303 e. The minimum atomic E-state index is -0.720. The van der Waals surface area contributed by atoms with Crippen LogP contribution in [0.2, 0.25) is 0 Å². The predicted octanol–water partition coefficient (Wildman–Crippen LogP) is 3.91. The molecule has 0 spiro atoms. The molecule has 0 bridgehead atoms. The van der Waals surface area contributed by atoms with Gasteiger partial charge in [-0.3, -0.25) is 4.79 Å². The Labute approximate surface area is 115 Å². The lowest BCUT2D eigenvalue weighted by molar-refractivity contribution is -0.137. The third kappa shape index (κ3) is 7.50. The van der Waals surface area contributed by atoms with Crippen molar-refractivity contribution in [2.75, 3.05) is 6.61 Å². The number of carboxylic acid groups (broad SMARTS) is 1. The molecule has 106 valence electrons. The monoisotopic (exact) mass is 264 g/mol. The molecule has 0 unspecified atom stereocenters. The van der Waals surface area contributed by atoms with Crippen LogP contribution in [0.15, 0.2) is 24.3 Å². The minimum absolute atomic E-state index is 0.254. The predicted molar refractivity (Wildman–Crippen MR) is 76.6 cm³/mol. The van der Waals surface area contributed by atoms with E-state index in [4.69, 9.17) is 9.84 Å². The van der Waals surface area contributed by atoms with E-state index in [0.29, 0.717) is 12.5 Å². The first-order chi connectivity index (χ1) is 9.08. The summed E-state index contributed by atoms with van der Waals surface area (Å²) in [6.45, 7) is 5.07. The molecule has 0 heterocycles. The van der Waals surface area contributed by atoms with Crippen LogP contribution in [0.4, 0.5) is 0 Å². The SMILES string of the molecule is CC(C)Cc1cccc(OCCCCCC(=O)O)c1. The fourth-order valence-electron chi connectivity index (χ4n) is 1.98. The number of benzene rings is 1. The van der Waals surface area contributed by atoms with Crippen molar-refractivity contribution in [1.29, 1.82) is 0 Å². The number of aliphatic carboxylic acids is 1. The summed E-state index contributed by atoms with van der Waals surface area (Å²) in [6, 6.07) is 8.22. The van der Waals surface area contributed by atoms with Crippen LogP contribution in [0.3, 0.4) is 0 Å². The van der Waals surface area contributed by atoms with Crippen molar-refractivity contribution in [2.24, 2.45) is 5.92 Å². The molecule has 3 heteroatoms. The van der Waals surface area contributed by atoms with Crippen LogP contribution < -0.4 is 4.74 Å². The molecule has 3 nitrogen and oxygen atoms in total. The number of unbranched alkanes of at least 4 members (excludes halogenated alkanes) is 2. The van der Waals surface area contributed by atoms with Gasteiger partial charge in [-0.05, 0) is 49.3 Å². The largest absolute Gasteiger partial charge is 0.494 e. The normalized spacial score (nSPS) is 10.7. The van der Waals surface area contributed by atoms with Gasteiger partial charge in [0.15, 0.2) is 0 Å². The number of hydrogen-bond acceptors (Lipinski definition) is 2. The fourth-order valence-corrected chi connectivity index (χ4v) is 1.98. The van der Waals surface area contributed by atoms with Gasteiger partial charge in [0.25, 0.3) is 0 Å². The highest BCUT2D eigenvalue weighted by Gasteiger charge is 2.01. The molecular weight excluding hydrogens is 240 g/mol. The minimum Gasteiger partial charge on any atom is -0.494 e. The van der Waals surface area contributed by atoms with Gasteiger partial charge in [0, 0.05) is 6.42 Å². The zero-order valence-electron chi connectivity index (χ0n) is 11.9. The Hall–Kier alpha value is -1.51. The molecule has 0 amide bonds. The summed E-state index contributed by atoms with van der Waals surface area (Å²) in [6.07, 6.45) is 3.85. The molecule has 0 aromatic heterocycles. The fraction of sp³-hybridized carbons (Fsp3) is 0.562. The van der Waals surface area contributed by atoms with Crippen molar-refractivity contribution in [2.45, 2.75) is 46.0 Å². The Kier molecular flexibility index (Phi) is 7.01. The van der Waals surface area contributed by atoms with Crippen molar-refractivity contribution >= 4 is 5.97 Å². The third-order valence-corrected chi connectivity index (χ3v) is 2.85. The van der Waals surface area contributed by atoms with Gasteiger partial charge in [-0.1, -0.05) is 26.0 Å². The van der Waals surface area contributed by atoms with Gasteiger partial charge in [-0.2, -0.15) is 0 Å². The second-order valence-corrected chi connectivity index (χ2v) is 5.30. The van der Waals surface area contributed by atoms with Crippen molar-refractivity contribution in [3.05, 3.63) is 29.8 Å². The number of carboxylic acids is 1. The molecule has 0 fully saturated rings. The van der Waals surface area contributed by atoms with Gasteiger partial charge in [0.1, 0.15) is 5.75 Å². The van der Waals surface area contributed by atoms with E-state index in [9.17, 15) is 4.79 Å². The van der Waals surface area contributed by atoms with E-state index in [-0.39, 0.29) is 6.42 Å². The maximum absolute atomic E-state index is 10.3. The number of rotatable bonds is 9. The smallest absolute Gasteiger partial charge is 0.303 e. The lowest BCUT2D eigenvalue weighted by atomic mass is 10.0. The van der Waals surface area contributed by atoms with Gasteiger partial charge in [0.05, 0.1) is 6.61 Å². The van der Waals surface area contributed by atoms with Gasteiger partial charge in [0.2, 0.25) is 0 Å². The van der Waals surface area contributed by atoms with Crippen LogP contribution >= 0.6 is 0 Å². The average molecular weight is 264 g/mol. The van der Waals surface area contributed by atoms with E-state index in [1.54, 1.807) is 0 Å². The Balaban J connectivity index is 2.23. The van der Waals surface area contributed by atoms with Gasteiger partial charge >= 0.3 is 5.97 Å². The molecule has 0 atom stereocenters. The summed E-state index contributed by atoms with van der Waals surface area (Å²) in [5, 5.41) is 8.52. The molecule has 0 saturated carbocycles. The summed E-state index contributed by atoms with van der Waals surface area (Å²) >= 11 is 0. The summed E-state index contributed by atoms with van der Waals surface area (Å²) < 4.78 is 5.69. The lowest BCUT2D eigenvalue weighted by Crippen LogP contribution is -2.00. The standard InChI is InChI=1S/C16H24O3/c1-13(2)11-14-7-6-8-15(12-14)19-10-5-3-4-9-16(17)18/h6-8,12-13H,3-5,9-11H2,1-2H3,(H,17,18). The van der Waals surface area contributed by atoms with Crippen LogP contribution in [0.1, 0.15) is 45.1 Å². The average Bonchev–Trinajstić information content (AvgIpc) is 2.33. The summed E-state index contributed by atoms with van der Waals surface area (Å²) in [5.74, 6) is 0.838. The zero-order valence-corrected chi connectivity index (χ0v) is 11.9. The van der Waals surface area contributed by atoms with Crippen LogP contribution in [-0.2, 0) is 11.2 Å². The quantitative estimate of drug-likeness (QED) is 0.688. The molecule has 1 N–H and O–H groups in total. The second kappa shape index (κ2) is 8.57. The first kappa shape index (κ1) is 15.5. The second-order valence-electron chi connectivity index (χ2n) is 5.30. The molecule has 19 heavy (non-hydrogen) atoms. The summed E-state index contributed by atoms with van der Waals surface area (Å²) in [4.78, 5) is 10.3. The van der Waals surface area contributed by atoms with E-state index in [1.165, 1.54) is 5.56 Å². The number of hydrogen-bond donors (Lipinski definition) is 1. The van der Waals surface area contributed by atoms with Crippen molar-refractivity contribution in [3.8, 4) is 5.75 Å². The Bertz CT molecular complexity index is 385. The first-order valence-corrected chi connectivity index (χ1v) is 7.01. The molecular formula is C16H24O3. The highest BCUT2D eigenvalue weighted by atomic mass is 16.5. The molecule has 0 aliphatic carbocycles. The Morgan fingerprint density at radius 3 is 2.74 bits per heavy atom. The molecule has 0 saturated heterocycles. The van der Waals surface area contributed by atoms with Crippen LogP contribution in [-0.4, -0.2) is 17.7 Å². The Morgan fingerprint density at radius 1 is 1.26 bits per heavy atom. The number of carbonyl (C=O) groups is 1.